The quantitative estimate of drug-likeness (QED) is 0.555. The van der Waals surface area contributed by atoms with Gasteiger partial charge >= 0.3 is 5.97 Å². The molecular formula is C23H31ClO5. The van der Waals surface area contributed by atoms with Crippen LogP contribution in [0, 0.1) is 28.6 Å². The van der Waals surface area contributed by atoms with Gasteiger partial charge in [-0.15, -0.1) is 11.6 Å². The molecule has 6 heteroatoms. The van der Waals surface area contributed by atoms with E-state index in [1.165, 1.54) is 12.5 Å². The molecule has 0 bridgehead atoms. The van der Waals surface area contributed by atoms with Crippen LogP contribution < -0.4 is 0 Å². The van der Waals surface area contributed by atoms with Crippen LogP contribution >= 0.6 is 11.6 Å². The summed E-state index contributed by atoms with van der Waals surface area (Å²) < 4.78 is 5.76. The van der Waals surface area contributed by atoms with Gasteiger partial charge in [0.25, 0.3) is 0 Å². The molecule has 0 aliphatic heterocycles. The molecule has 0 aromatic rings. The van der Waals surface area contributed by atoms with Crippen LogP contribution in [-0.2, 0) is 19.1 Å². The smallest absolute Gasteiger partial charge is 0.303 e. The summed E-state index contributed by atoms with van der Waals surface area (Å²) in [6.07, 6.45) is 5.91. The van der Waals surface area contributed by atoms with Crippen molar-refractivity contribution in [2.45, 2.75) is 77.4 Å². The number of ether oxygens (including phenoxy) is 1. The lowest BCUT2D eigenvalue weighted by Crippen LogP contribution is -2.63. The number of aliphatic hydroxyl groups is 1. The van der Waals surface area contributed by atoms with Crippen molar-refractivity contribution in [3.8, 4) is 0 Å². The van der Waals surface area contributed by atoms with Crippen molar-refractivity contribution >= 4 is 29.1 Å². The monoisotopic (exact) mass is 422 g/mol. The van der Waals surface area contributed by atoms with Crippen molar-refractivity contribution < 1.29 is 24.2 Å². The fourth-order valence-electron chi connectivity index (χ4n) is 7.71. The lowest BCUT2D eigenvalue weighted by molar-refractivity contribution is -0.198. The van der Waals surface area contributed by atoms with Gasteiger partial charge in [-0.3, -0.25) is 14.4 Å². The third kappa shape index (κ3) is 2.79. The maximum Gasteiger partial charge on any atom is 0.303 e. The van der Waals surface area contributed by atoms with Gasteiger partial charge in [0.15, 0.2) is 17.2 Å². The Labute approximate surface area is 177 Å². The Balaban J connectivity index is 1.76. The molecule has 3 saturated carbocycles. The first-order valence-corrected chi connectivity index (χ1v) is 11.3. The number of allylic oxidation sites excluding steroid dienone is 1. The average Bonchev–Trinajstić information content (AvgIpc) is 2.93. The minimum atomic E-state index is -1.25. The first kappa shape index (κ1) is 21.0. The van der Waals surface area contributed by atoms with Gasteiger partial charge in [0, 0.05) is 18.8 Å². The molecule has 0 saturated heterocycles. The zero-order valence-corrected chi connectivity index (χ0v) is 18.3. The normalized spacial score (nSPS) is 46.2. The molecular weight excluding hydrogens is 392 g/mol. The van der Waals surface area contributed by atoms with Crippen molar-refractivity contribution in [3.63, 3.8) is 0 Å². The van der Waals surface area contributed by atoms with Gasteiger partial charge in [0.05, 0.1) is 12.0 Å². The van der Waals surface area contributed by atoms with Crippen LogP contribution in [0.25, 0.3) is 0 Å². The van der Waals surface area contributed by atoms with Gasteiger partial charge in [-0.05, 0) is 67.8 Å². The van der Waals surface area contributed by atoms with E-state index in [9.17, 15) is 19.5 Å². The highest BCUT2D eigenvalue weighted by Gasteiger charge is 2.70. The fourth-order valence-corrected chi connectivity index (χ4v) is 7.93. The van der Waals surface area contributed by atoms with E-state index in [1.807, 2.05) is 13.0 Å². The number of hydrogen-bond acceptors (Lipinski definition) is 5. The second-order valence-corrected chi connectivity index (χ2v) is 10.4. The van der Waals surface area contributed by atoms with Crippen LogP contribution in [0.4, 0.5) is 0 Å². The molecule has 0 aromatic carbocycles. The number of hydrogen-bond donors (Lipinski definition) is 1. The number of rotatable bonds is 3. The van der Waals surface area contributed by atoms with E-state index >= 15 is 0 Å². The van der Waals surface area contributed by atoms with Crippen molar-refractivity contribution in [1.82, 2.24) is 0 Å². The average molecular weight is 423 g/mol. The number of ketones is 2. The van der Waals surface area contributed by atoms with Crippen LogP contribution in [0.5, 0.6) is 0 Å². The Morgan fingerprint density at radius 1 is 1.24 bits per heavy atom. The van der Waals surface area contributed by atoms with E-state index in [0.717, 1.165) is 25.7 Å². The van der Waals surface area contributed by atoms with Gasteiger partial charge in [-0.2, -0.15) is 0 Å². The van der Waals surface area contributed by atoms with Gasteiger partial charge in [0.1, 0.15) is 0 Å². The molecule has 4 aliphatic rings. The molecule has 5 nitrogen and oxygen atoms in total. The number of aliphatic hydroxyl groups excluding tert-OH is 1. The molecule has 29 heavy (non-hydrogen) atoms. The summed E-state index contributed by atoms with van der Waals surface area (Å²) in [5.74, 6) is -0.268. The van der Waals surface area contributed by atoms with Gasteiger partial charge < -0.3 is 9.84 Å². The van der Waals surface area contributed by atoms with Crippen LogP contribution in [0.15, 0.2) is 11.6 Å². The minimum Gasteiger partial charge on any atom is -0.451 e. The molecule has 160 valence electrons. The Bertz CT molecular complexity index is 790. The largest absolute Gasteiger partial charge is 0.451 e. The maximum absolute atomic E-state index is 13.0. The van der Waals surface area contributed by atoms with Crippen molar-refractivity contribution in [2.24, 2.45) is 28.6 Å². The summed E-state index contributed by atoms with van der Waals surface area (Å²) in [4.78, 5) is 36.9. The van der Waals surface area contributed by atoms with Crippen LogP contribution in [0.1, 0.15) is 65.7 Å². The lowest BCUT2D eigenvalue weighted by atomic mass is 9.45. The molecule has 7 atom stereocenters. The highest BCUT2D eigenvalue weighted by molar-refractivity contribution is 6.29. The second-order valence-electron chi connectivity index (χ2n) is 10.1. The predicted octanol–water partition coefficient (Wildman–Crippen LogP) is 3.60. The van der Waals surface area contributed by atoms with Crippen molar-refractivity contribution in [2.75, 3.05) is 5.88 Å². The zero-order chi connectivity index (χ0) is 21.2. The molecule has 3 fully saturated rings. The predicted molar refractivity (Wildman–Crippen MR) is 108 cm³/mol. The van der Waals surface area contributed by atoms with Crippen LogP contribution in [-0.4, -0.2) is 40.2 Å². The van der Waals surface area contributed by atoms with Gasteiger partial charge in [-0.1, -0.05) is 19.4 Å². The van der Waals surface area contributed by atoms with E-state index in [2.05, 4.69) is 6.92 Å². The lowest BCUT2D eigenvalue weighted by Gasteiger charge is -2.60. The molecule has 0 aromatic heterocycles. The van der Waals surface area contributed by atoms with E-state index in [4.69, 9.17) is 16.3 Å². The second kappa shape index (κ2) is 6.91. The Hall–Kier alpha value is -1.20. The molecule has 0 spiro atoms. The van der Waals surface area contributed by atoms with Crippen LogP contribution in [0.3, 0.4) is 0 Å². The Morgan fingerprint density at radius 2 is 1.97 bits per heavy atom. The highest BCUT2D eigenvalue weighted by atomic mass is 35.5. The topological polar surface area (TPSA) is 80.7 Å². The zero-order valence-electron chi connectivity index (χ0n) is 17.5. The summed E-state index contributed by atoms with van der Waals surface area (Å²) in [5.41, 5.74) is -0.885. The van der Waals surface area contributed by atoms with E-state index in [1.54, 1.807) is 0 Å². The standard InChI is InChI=1S/C23H31ClO5/c1-13(25)29-23(19(28)12-24)9-7-17-16-5-4-14-10-15(26)6-8-21(14,2)20(16)18(27)11-22(17,23)3/h10,16-18,20,27H,4-9,11-12H2,1-3H3/t16-,17-,18-,20+,21-,22-,23-/m0/s1. The number of fused-ring (bicyclic) bond motifs is 5. The van der Waals surface area contributed by atoms with Gasteiger partial charge in [0.2, 0.25) is 0 Å². The van der Waals surface area contributed by atoms with E-state index in [0.29, 0.717) is 19.3 Å². The van der Waals surface area contributed by atoms with E-state index < -0.39 is 23.1 Å². The first-order chi connectivity index (χ1) is 13.6. The van der Waals surface area contributed by atoms with E-state index in [-0.39, 0.29) is 40.6 Å². The third-order valence-corrected chi connectivity index (χ3v) is 9.15. The fraction of sp³-hybridized carbons (Fsp3) is 0.783. The molecule has 0 radical (unpaired) electrons. The number of esters is 1. The summed E-state index contributed by atoms with van der Waals surface area (Å²) in [6, 6.07) is 0. The maximum atomic E-state index is 13.0. The molecule has 0 heterocycles. The molecule has 0 unspecified atom stereocenters. The van der Waals surface area contributed by atoms with Crippen LogP contribution in [0.2, 0.25) is 0 Å². The number of Topliss-reactive ketones (excluding diaryl/α,β-unsaturated/α-hetero) is 1. The third-order valence-electron chi connectivity index (χ3n) is 8.91. The minimum absolute atomic E-state index is 0.0629. The summed E-state index contributed by atoms with van der Waals surface area (Å²) in [7, 11) is 0. The molecule has 0 amide bonds. The SMILES string of the molecule is CC(=O)O[C@]1(C(=O)CCl)CC[C@H]2[C@@H]3CCC4=CC(=O)CC[C@]4(C)[C@H]3[C@@H](O)C[C@@]21C. The van der Waals surface area contributed by atoms with Crippen molar-refractivity contribution in [3.05, 3.63) is 11.6 Å². The van der Waals surface area contributed by atoms with Crippen molar-refractivity contribution in [1.29, 1.82) is 0 Å². The number of carbonyl (C=O) groups is 3. The summed E-state index contributed by atoms with van der Waals surface area (Å²) in [6.45, 7) is 5.54. The summed E-state index contributed by atoms with van der Waals surface area (Å²) >= 11 is 5.96. The number of halogens is 1. The molecule has 4 rings (SSSR count). The number of alkyl halides is 1. The summed E-state index contributed by atoms with van der Waals surface area (Å²) in [5, 5.41) is 11.4. The molecule has 4 aliphatic carbocycles. The molecule has 1 N–H and O–H groups in total. The number of carbonyl (C=O) groups excluding carboxylic acids is 3. The highest BCUT2D eigenvalue weighted by Crippen LogP contribution is 2.68. The first-order valence-electron chi connectivity index (χ1n) is 10.8. The Kier molecular flexibility index (Phi) is 5.02. The van der Waals surface area contributed by atoms with Gasteiger partial charge in [-0.25, -0.2) is 0 Å². The Morgan fingerprint density at radius 3 is 2.62 bits per heavy atom.